The number of amides is 4. The number of aromatic hydroxyl groups is 1. The lowest BCUT2D eigenvalue weighted by Gasteiger charge is -2.34. The SMILES string of the molecule is CCCCCCCN(C(=O)C(CC(N)=O)NC(=O)OC(C)(C)C)C(C(=O)Nc1c(C)cccc1C)c1cccc(O)c1. The summed E-state index contributed by atoms with van der Waals surface area (Å²) in [6.07, 6.45) is 3.02. The Morgan fingerprint density at radius 1 is 0.976 bits per heavy atom. The Bertz CT molecular complexity index is 1220. The molecule has 4 amide bonds. The first-order chi connectivity index (χ1) is 19.7. The van der Waals surface area contributed by atoms with E-state index in [-0.39, 0.29) is 12.3 Å². The molecule has 0 aliphatic heterocycles. The van der Waals surface area contributed by atoms with E-state index in [1.54, 1.807) is 32.9 Å². The fraction of sp³-hybridized carbons (Fsp3) is 0.500. The molecule has 0 radical (unpaired) electrons. The Morgan fingerprint density at radius 3 is 2.17 bits per heavy atom. The van der Waals surface area contributed by atoms with Gasteiger partial charge in [0.15, 0.2) is 0 Å². The lowest BCUT2D eigenvalue weighted by Crippen LogP contribution is -2.53. The van der Waals surface area contributed by atoms with Crippen LogP contribution in [0.1, 0.15) is 89.0 Å². The van der Waals surface area contributed by atoms with Gasteiger partial charge in [-0.1, -0.05) is 62.9 Å². The fourth-order valence-electron chi connectivity index (χ4n) is 4.67. The lowest BCUT2D eigenvalue weighted by molar-refractivity contribution is -0.142. The zero-order chi connectivity index (χ0) is 31.4. The molecule has 0 aromatic heterocycles. The van der Waals surface area contributed by atoms with Crippen molar-refractivity contribution in [3.63, 3.8) is 0 Å². The number of nitrogens with two attached hydrogens (primary N) is 1. The number of nitrogens with zero attached hydrogens (tertiary/aromatic N) is 1. The van der Waals surface area contributed by atoms with Crippen LogP contribution in [0.3, 0.4) is 0 Å². The van der Waals surface area contributed by atoms with Gasteiger partial charge >= 0.3 is 6.09 Å². The van der Waals surface area contributed by atoms with Crippen molar-refractivity contribution in [2.45, 2.75) is 97.8 Å². The smallest absolute Gasteiger partial charge is 0.408 e. The second kappa shape index (κ2) is 15.8. The van der Waals surface area contributed by atoms with Crippen LogP contribution in [0.5, 0.6) is 5.75 Å². The Balaban J connectivity index is 2.58. The minimum atomic E-state index is -1.37. The van der Waals surface area contributed by atoms with E-state index in [0.29, 0.717) is 17.7 Å². The van der Waals surface area contributed by atoms with Crippen molar-refractivity contribution in [3.8, 4) is 5.75 Å². The summed E-state index contributed by atoms with van der Waals surface area (Å²) in [4.78, 5) is 54.3. The second-order valence-electron chi connectivity index (χ2n) is 11.6. The topological polar surface area (TPSA) is 151 Å². The van der Waals surface area contributed by atoms with Gasteiger partial charge in [-0.05, 0) is 69.9 Å². The summed E-state index contributed by atoms with van der Waals surface area (Å²) >= 11 is 0. The Labute approximate surface area is 249 Å². The number of aryl methyl sites for hydroxylation is 2. The first kappa shape index (κ1) is 34.1. The van der Waals surface area contributed by atoms with Crippen LogP contribution in [0.25, 0.3) is 0 Å². The predicted octanol–water partition coefficient (Wildman–Crippen LogP) is 5.26. The Morgan fingerprint density at radius 2 is 1.60 bits per heavy atom. The fourth-order valence-corrected chi connectivity index (χ4v) is 4.67. The van der Waals surface area contributed by atoms with Gasteiger partial charge in [0.05, 0.1) is 6.42 Å². The quantitative estimate of drug-likeness (QED) is 0.223. The number of primary amides is 1. The molecule has 2 aromatic rings. The molecule has 0 aliphatic rings. The lowest BCUT2D eigenvalue weighted by atomic mass is 10.00. The van der Waals surface area contributed by atoms with Gasteiger partial charge < -0.3 is 31.1 Å². The summed E-state index contributed by atoms with van der Waals surface area (Å²) < 4.78 is 5.33. The Kier molecular flexibility index (Phi) is 12.8. The number of carbonyl (C=O) groups is 4. The van der Waals surface area contributed by atoms with Crippen LogP contribution in [-0.2, 0) is 19.1 Å². The number of benzene rings is 2. The van der Waals surface area contributed by atoms with E-state index in [0.717, 1.165) is 36.8 Å². The van der Waals surface area contributed by atoms with Gasteiger partial charge in [-0.3, -0.25) is 14.4 Å². The van der Waals surface area contributed by atoms with Crippen molar-refractivity contribution < 1.29 is 29.0 Å². The van der Waals surface area contributed by atoms with Crippen molar-refractivity contribution in [1.29, 1.82) is 0 Å². The third-order valence-electron chi connectivity index (χ3n) is 6.66. The highest BCUT2D eigenvalue weighted by atomic mass is 16.6. The molecule has 0 aliphatic carbocycles. The second-order valence-corrected chi connectivity index (χ2v) is 11.6. The zero-order valence-electron chi connectivity index (χ0n) is 25.7. The molecule has 0 heterocycles. The molecule has 2 rings (SSSR count). The highest BCUT2D eigenvalue weighted by molar-refractivity contribution is 6.00. The van der Waals surface area contributed by atoms with Crippen molar-refractivity contribution in [2.24, 2.45) is 5.73 Å². The van der Waals surface area contributed by atoms with Crippen LogP contribution in [0.15, 0.2) is 42.5 Å². The number of rotatable bonds is 14. The van der Waals surface area contributed by atoms with E-state index in [1.807, 2.05) is 32.0 Å². The molecule has 2 atom stereocenters. The number of para-hydroxylation sites is 1. The van der Waals surface area contributed by atoms with E-state index in [4.69, 9.17) is 10.5 Å². The molecule has 230 valence electrons. The zero-order valence-corrected chi connectivity index (χ0v) is 25.7. The first-order valence-electron chi connectivity index (χ1n) is 14.5. The van der Waals surface area contributed by atoms with Crippen molar-refractivity contribution in [3.05, 3.63) is 59.2 Å². The summed E-state index contributed by atoms with van der Waals surface area (Å²) in [7, 11) is 0. The number of anilines is 1. The Hall–Kier alpha value is -4.08. The molecule has 0 bridgehead atoms. The van der Waals surface area contributed by atoms with E-state index in [1.165, 1.54) is 17.0 Å². The highest BCUT2D eigenvalue weighted by Crippen LogP contribution is 2.29. The number of unbranched alkanes of at least 4 members (excludes halogenated alkanes) is 4. The van der Waals surface area contributed by atoms with Gasteiger partial charge in [-0.25, -0.2) is 4.79 Å². The van der Waals surface area contributed by atoms with Gasteiger partial charge in [-0.2, -0.15) is 0 Å². The number of phenols is 1. The number of carbonyl (C=O) groups excluding carboxylic acids is 4. The molecule has 2 unspecified atom stereocenters. The van der Waals surface area contributed by atoms with E-state index in [9.17, 15) is 24.3 Å². The largest absolute Gasteiger partial charge is 0.508 e. The van der Waals surface area contributed by atoms with Gasteiger partial charge in [0, 0.05) is 12.2 Å². The summed E-state index contributed by atoms with van der Waals surface area (Å²) in [5.41, 5.74) is 7.30. The van der Waals surface area contributed by atoms with Gasteiger partial charge in [-0.15, -0.1) is 0 Å². The van der Waals surface area contributed by atoms with Crippen molar-refractivity contribution in [2.75, 3.05) is 11.9 Å². The standard InChI is InChI=1S/C32H46N4O6/c1-7-8-9-10-11-18-36(30(40)25(20-26(33)38)34-31(41)42-32(4,5)6)28(23-16-13-17-24(37)19-23)29(39)35-27-21(2)14-12-15-22(27)3/h12-17,19,25,28,37H,7-11,18,20H2,1-6H3,(H2,33,38)(H,34,41)(H,35,39). The summed E-state index contributed by atoms with van der Waals surface area (Å²) in [5, 5.41) is 15.8. The molecule has 0 fully saturated rings. The van der Waals surface area contributed by atoms with Crippen LogP contribution < -0.4 is 16.4 Å². The molecule has 10 heteroatoms. The molecule has 0 saturated carbocycles. The van der Waals surface area contributed by atoms with Gasteiger partial charge in [0.2, 0.25) is 11.8 Å². The number of nitrogens with one attached hydrogen (secondary N) is 2. The van der Waals surface area contributed by atoms with Gasteiger partial charge in [0.1, 0.15) is 23.4 Å². The van der Waals surface area contributed by atoms with Crippen LogP contribution in [0.4, 0.5) is 10.5 Å². The van der Waals surface area contributed by atoms with Crippen LogP contribution in [0, 0.1) is 13.8 Å². The van der Waals surface area contributed by atoms with E-state index >= 15 is 0 Å². The number of hydrogen-bond donors (Lipinski definition) is 4. The third-order valence-corrected chi connectivity index (χ3v) is 6.66. The maximum atomic E-state index is 14.2. The van der Waals surface area contributed by atoms with E-state index in [2.05, 4.69) is 17.6 Å². The first-order valence-corrected chi connectivity index (χ1v) is 14.5. The average molecular weight is 583 g/mol. The number of hydrogen-bond acceptors (Lipinski definition) is 6. The summed E-state index contributed by atoms with van der Waals surface area (Å²) in [6.45, 7) is 11.0. The minimum absolute atomic E-state index is 0.0757. The maximum absolute atomic E-state index is 14.2. The van der Waals surface area contributed by atoms with Crippen LogP contribution in [-0.4, -0.2) is 52.0 Å². The molecule has 0 spiro atoms. The highest BCUT2D eigenvalue weighted by Gasteiger charge is 2.37. The van der Waals surface area contributed by atoms with E-state index < -0.39 is 47.9 Å². The molecule has 42 heavy (non-hydrogen) atoms. The van der Waals surface area contributed by atoms with Crippen LogP contribution in [0.2, 0.25) is 0 Å². The number of ether oxygens (including phenoxy) is 1. The maximum Gasteiger partial charge on any atom is 0.408 e. The molecular formula is C32H46N4O6. The molecule has 2 aromatic carbocycles. The van der Waals surface area contributed by atoms with Crippen molar-refractivity contribution in [1.82, 2.24) is 10.2 Å². The minimum Gasteiger partial charge on any atom is -0.508 e. The van der Waals surface area contributed by atoms with Gasteiger partial charge in [0.25, 0.3) is 5.91 Å². The third kappa shape index (κ3) is 10.7. The normalized spacial score (nSPS) is 12.6. The molecular weight excluding hydrogens is 536 g/mol. The monoisotopic (exact) mass is 582 g/mol. The number of phenolic OH excluding ortho intramolecular Hbond substituents is 1. The molecule has 10 nitrogen and oxygen atoms in total. The molecule has 0 saturated heterocycles. The predicted molar refractivity (Wildman–Crippen MR) is 163 cm³/mol. The van der Waals surface area contributed by atoms with Crippen molar-refractivity contribution >= 4 is 29.5 Å². The number of alkyl carbamates (subject to hydrolysis) is 1. The molecule has 5 N–H and O–H groups in total. The summed E-state index contributed by atoms with van der Waals surface area (Å²) in [6, 6.07) is 9.20. The average Bonchev–Trinajstić information content (AvgIpc) is 2.88. The summed E-state index contributed by atoms with van der Waals surface area (Å²) in [5.74, 6) is -2.05. The van der Waals surface area contributed by atoms with Crippen LogP contribution >= 0.6 is 0 Å².